The lowest BCUT2D eigenvalue weighted by Gasteiger charge is -2.44. The van der Waals surface area contributed by atoms with E-state index in [0.29, 0.717) is 23.3 Å². The van der Waals surface area contributed by atoms with Gasteiger partial charge in [0.15, 0.2) is 0 Å². The SMILES string of the molecule is CCc1ccc([C@H]2Nc3c(C(=O)O)cccc3[C@H]3[C@@H]4CC[C@H](C4)[C@H]32)cc1. The summed E-state index contributed by atoms with van der Waals surface area (Å²) in [6.07, 6.45) is 4.97. The average Bonchev–Trinajstić information content (AvgIpc) is 3.29. The first kappa shape index (κ1) is 15.9. The number of carboxylic acid groups (broad SMARTS) is 1. The zero-order chi connectivity index (χ0) is 17.8. The molecule has 26 heavy (non-hydrogen) atoms. The second-order valence-corrected chi connectivity index (χ2v) is 8.23. The van der Waals surface area contributed by atoms with Gasteiger partial charge in [-0.25, -0.2) is 4.79 Å². The maximum atomic E-state index is 11.8. The van der Waals surface area contributed by atoms with Gasteiger partial charge < -0.3 is 10.4 Å². The second kappa shape index (κ2) is 5.87. The smallest absolute Gasteiger partial charge is 0.337 e. The molecule has 5 atom stereocenters. The molecule has 2 fully saturated rings. The summed E-state index contributed by atoms with van der Waals surface area (Å²) in [6.45, 7) is 2.18. The molecule has 0 radical (unpaired) electrons. The molecule has 0 spiro atoms. The Kier molecular flexibility index (Phi) is 3.59. The molecule has 0 aromatic heterocycles. The maximum Gasteiger partial charge on any atom is 0.337 e. The van der Waals surface area contributed by atoms with Gasteiger partial charge >= 0.3 is 5.97 Å². The first-order valence-electron chi connectivity index (χ1n) is 9.89. The molecule has 2 bridgehead atoms. The van der Waals surface area contributed by atoms with E-state index >= 15 is 0 Å². The van der Waals surface area contributed by atoms with Gasteiger partial charge in [-0.15, -0.1) is 0 Å². The van der Waals surface area contributed by atoms with Gasteiger partial charge in [0.25, 0.3) is 0 Å². The number of hydrogen-bond acceptors (Lipinski definition) is 2. The minimum Gasteiger partial charge on any atom is -0.478 e. The monoisotopic (exact) mass is 347 g/mol. The number of anilines is 1. The zero-order valence-corrected chi connectivity index (χ0v) is 15.1. The topological polar surface area (TPSA) is 49.3 Å². The number of rotatable bonds is 3. The fourth-order valence-corrected chi connectivity index (χ4v) is 5.98. The predicted molar refractivity (Wildman–Crippen MR) is 103 cm³/mol. The lowest BCUT2D eigenvalue weighted by Crippen LogP contribution is -2.36. The van der Waals surface area contributed by atoms with Gasteiger partial charge in [-0.3, -0.25) is 0 Å². The van der Waals surface area contributed by atoms with Crippen LogP contribution in [0.2, 0.25) is 0 Å². The van der Waals surface area contributed by atoms with Crippen molar-refractivity contribution < 1.29 is 9.90 Å². The quantitative estimate of drug-likeness (QED) is 0.798. The number of nitrogens with one attached hydrogen (secondary N) is 1. The highest BCUT2D eigenvalue weighted by Gasteiger charge is 2.54. The molecule has 1 heterocycles. The fraction of sp³-hybridized carbons (Fsp3) is 0.435. The van der Waals surface area contributed by atoms with Crippen molar-refractivity contribution in [3.05, 3.63) is 64.7 Å². The third-order valence-corrected chi connectivity index (χ3v) is 7.10. The summed E-state index contributed by atoms with van der Waals surface area (Å²) >= 11 is 0. The van der Waals surface area contributed by atoms with Crippen LogP contribution in [0.25, 0.3) is 0 Å². The van der Waals surface area contributed by atoms with Crippen molar-refractivity contribution in [2.24, 2.45) is 17.8 Å². The van der Waals surface area contributed by atoms with Crippen LogP contribution in [0.15, 0.2) is 42.5 Å². The molecule has 0 amide bonds. The van der Waals surface area contributed by atoms with Gasteiger partial charge in [0, 0.05) is 0 Å². The zero-order valence-electron chi connectivity index (χ0n) is 15.1. The standard InChI is InChI=1S/C23H25NO2/c1-2-13-6-8-14(9-7-13)21-20-16-11-10-15(12-16)19(20)17-4-3-5-18(23(25)26)22(17)24-21/h3-9,15-16,19-21,24H,2,10-12H2,1H3,(H,25,26)/t15-,16-,19-,20-,21-/m1/s1. The minimum absolute atomic E-state index is 0.217. The molecule has 3 nitrogen and oxygen atoms in total. The number of aromatic carboxylic acids is 1. The van der Waals surface area contributed by atoms with Crippen molar-refractivity contribution in [1.29, 1.82) is 0 Å². The van der Waals surface area contributed by atoms with Gasteiger partial charge in [0.2, 0.25) is 0 Å². The summed E-state index contributed by atoms with van der Waals surface area (Å²) in [6, 6.07) is 15.0. The van der Waals surface area contributed by atoms with Crippen molar-refractivity contribution in [3.8, 4) is 0 Å². The van der Waals surface area contributed by atoms with Crippen LogP contribution in [0.4, 0.5) is 5.69 Å². The van der Waals surface area contributed by atoms with Gasteiger partial charge in [-0.2, -0.15) is 0 Å². The van der Waals surface area contributed by atoms with Crippen LogP contribution in [0.5, 0.6) is 0 Å². The van der Waals surface area contributed by atoms with Gasteiger partial charge in [0.05, 0.1) is 17.3 Å². The lowest BCUT2D eigenvalue weighted by molar-refractivity contribution is 0.0697. The van der Waals surface area contributed by atoms with Crippen molar-refractivity contribution in [1.82, 2.24) is 0 Å². The average molecular weight is 347 g/mol. The summed E-state index contributed by atoms with van der Waals surface area (Å²) < 4.78 is 0. The number of carboxylic acids is 1. The first-order chi connectivity index (χ1) is 12.7. The summed E-state index contributed by atoms with van der Waals surface area (Å²) in [5, 5.41) is 13.4. The Morgan fingerprint density at radius 2 is 1.88 bits per heavy atom. The summed E-state index contributed by atoms with van der Waals surface area (Å²) in [4.78, 5) is 11.8. The number of hydrogen-bond donors (Lipinski definition) is 2. The molecule has 2 aromatic carbocycles. The van der Waals surface area contributed by atoms with Gasteiger partial charge in [-0.05, 0) is 72.1 Å². The Bertz CT molecular complexity index is 857. The molecule has 0 saturated heterocycles. The van der Waals surface area contributed by atoms with Crippen molar-refractivity contribution in [2.45, 2.75) is 44.6 Å². The number of para-hydroxylation sites is 1. The highest BCUT2D eigenvalue weighted by atomic mass is 16.4. The van der Waals surface area contributed by atoms with Crippen LogP contribution in [0.1, 0.15) is 65.2 Å². The molecule has 134 valence electrons. The number of aryl methyl sites for hydroxylation is 1. The van der Waals surface area contributed by atoms with E-state index in [9.17, 15) is 9.90 Å². The van der Waals surface area contributed by atoms with Crippen LogP contribution < -0.4 is 5.32 Å². The van der Waals surface area contributed by atoms with E-state index in [1.54, 1.807) is 6.07 Å². The Balaban J connectivity index is 1.64. The summed E-state index contributed by atoms with van der Waals surface area (Å²) in [7, 11) is 0. The Hall–Kier alpha value is -2.29. The van der Waals surface area contributed by atoms with Crippen molar-refractivity contribution >= 4 is 11.7 Å². The third kappa shape index (κ3) is 2.22. The van der Waals surface area contributed by atoms with Crippen LogP contribution in [-0.2, 0) is 6.42 Å². The van der Waals surface area contributed by atoms with E-state index in [-0.39, 0.29) is 6.04 Å². The van der Waals surface area contributed by atoms with E-state index < -0.39 is 5.97 Å². The van der Waals surface area contributed by atoms with E-state index in [2.05, 4.69) is 42.6 Å². The van der Waals surface area contributed by atoms with E-state index in [1.807, 2.05) is 6.07 Å². The summed E-state index contributed by atoms with van der Waals surface area (Å²) in [5.41, 5.74) is 5.16. The first-order valence-corrected chi connectivity index (χ1v) is 9.89. The number of carbonyl (C=O) groups is 1. The highest BCUT2D eigenvalue weighted by Crippen LogP contribution is 2.63. The van der Waals surface area contributed by atoms with E-state index in [4.69, 9.17) is 0 Å². The molecule has 2 saturated carbocycles. The fourth-order valence-electron chi connectivity index (χ4n) is 5.98. The second-order valence-electron chi connectivity index (χ2n) is 8.23. The van der Waals surface area contributed by atoms with Gasteiger partial charge in [-0.1, -0.05) is 43.3 Å². The molecular formula is C23H25NO2. The Labute approximate surface area is 154 Å². The van der Waals surface area contributed by atoms with Crippen LogP contribution >= 0.6 is 0 Å². The Morgan fingerprint density at radius 3 is 2.62 bits per heavy atom. The lowest BCUT2D eigenvalue weighted by atomic mass is 9.67. The molecule has 3 heteroatoms. The molecule has 2 aliphatic carbocycles. The van der Waals surface area contributed by atoms with E-state index in [1.165, 1.54) is 36.0 Å². The minimum atomic E-state index is -0.837. The molecule has 0 unspecified atom stereocenters. The molecule has 1 aliphatic heterocycles. The molecule has 3 aliphatic rings. The Morgan fingerprint density at radius 1 is 1.12 bits per heavy atom. The largest absolute Gasteiger partial charge is 0.478 e. The normalized spacial score (nSPS) is 31.2. The van der Waals surface area contributed by atoms with Crippen molar-refractivity contribution in [2.75, 3.05) is 5.32 Å². The van der Waals surface area contributed by atoms with Crippen LogP contribution in [0, 0.1) is 17.8 Å². The van der Waals surface area contributed by atoms with Gasteiger partial charge in [0.1, 0.15) is 0 Å². The highest BCUT2D eigenvalue weighted by molar-refractivity contribution is 5.95. The maximum absolute atomic E-state index is 11.8. The number of fused-ring (bicyclic) bond motifs is 7. The van der Waals surface area contributed by atoms with Crippen molar-refractivity contribution in [3.63, 3.8) is 0 Å². The number of benzene rings is 2. The molecule has 2 aromatic rings. The summed E-state index contributed by atoms with van der Waals surface area (Å²) in [5.74, 6) is 1.72. The predicted octanol–water partition coefficient (Wildman–Crippen LogP) is 5.24. The third-order valence-electron chi connectivity index (χ3n) is 7.10. The molecule has 2 N–H and O–H groups in total. The van der Waals surface area contributed by atoms with Crippen LogP contribution in [-0.4, -0.2) is 11.1 Å². The molecule has 5 rings (SSSR count). The van der Waals surface area contributed by atoms with Crippen LogP contribution in [0.3, 0.4) is 0 Å². The van der Waals surface area contributed by atoms with E-state index in [0.717, 1.165) is 18.0 Å². The molecular weight excluding hydrogens is 322 g/mol.